The van der Waals surface area contributed by atoms with Crippen molar-refractivity contribution in [1.29, 1.82) is 0 Å². The van der Waals surface area contributed by atoms with E-state index in [-0.39, 0.29) is 0 Å². The van der Waals surface area contributed by atoms with E-state index >= 15 is 0 Å². The molecule has 2 aromatic carbocycles. The van der Waals surface area contributed by atoms with Gasteiger partial charge in [0.25, 0.3) is 0 Å². The van der Waals surface area contributed by atoms with Gasteiger partial charge in [-0.05, 0) is 58.8 Å². The van der Waals surface area contributed by atoms with Crippen LogP contribution < -0.4 is 4.74 Å². The minimum Gasteiger partial charge on any atom is -0.465 e. The Bertz CT molecular complexity index is 515. The van der Waals surface area contributed by atoms with Crippen LogP contribution in [0.1, 0.15) is 6.92 Å². The highest BCUT2D eigenvalue weighted by molar-refractivity contribution is 14.1. The van der Waals surface area contributed by atoms with Gasteiger partial charge < -0.3 is 4.74 Å². The molecular formula is C15H13IO. The van der Waals surface area contributed by atoms with E-state index in [1.807, 2.05) is 25.1 Å². The van der Waals surface area contributed by atoms with E-state index in [4.69, 9.17) is 4.74 Å². The third-order valence-corrected chi connectivity index (χ3v) is 3.32. The second-order valence-corrected chi connectivity index (χ2v) is 4.75. The first-order valence-corrected chi connectivity index (χ1v) is 6.52. The topological polar surface area (TPSA) is 9.23 Å². The number of hydrogen-bond donors (Lipinski definition) is 0. The maximum Gasteiger partial charge on any atom is 0.126 e. The van der Waals surface area contributed by atoms with Gasteiger partial charge in [-0.25, -0.2) is 0 Å². The molecule has 0 heterocycles. The fraction of sp³-hybridized carbons (Fsp3) is 0.0667. The van der Waals surface area contributed by atoms with Gasteiger partial charge >= 0.3 is 0 Å². The molecule has 0 aliphatic rings. The number of rotatable bonds is 3. The lowest BCUT2D eigenvalue weighted by Crippen LogP contribution is -1.84. The largest absolute Gasteiger partial charge is 0.465 e. The lowest BCUT2D eigenvalue weighted by molar-refractivity contribution is 0.480. The van der Waals surface area contributed by atoms with Gasteiger partial charge in [0.2, 0.25) is 0 Å². The molecule has 0 fully saturated rings. The molecule has 2 aromatic rings. The average Bonchev–Trinajstić information content (AvgIpc) is 2.38. The Kier molecular flexibility index (Phi) is 4.20. The SMILES string of the molecule is CC=COc1ccc(-c2ccccc2I)cc1. The predicted molar refractivity (Wildman–Crippen MR) is 80.0 cm³/mol. The van der Waals surface area contributed by atoms with Gasteiger partial charge in [0.1, 0.15) is 5.75 Å². The molecule has 17 heavy (non-hydrogen) atoms. The summed E-state index contributed by atoms with van der Waals surface area (Å²) in [4.78, 5) is 0. The monoisotopic (exact) mass is 336 g/mol. The second-order valence-electron chi connectivity index (χ2n) is 3.59. The summed E-state index contributed by atoms with van der Waals surface area (Å²) in [6, 6.07) is 16.5. The molecule has 0 amide bonds. The van der Waals surface area contributed by atoms with Gasteiger partial charge in [0.05, 0.1) is 6.26 Å². The van der Waals surface area contributed by atoms with Crippen molar-refractivity contribution in [2.45, 2.75) is 6.92 Å². The van der Waals surface area contributed by atoms with E-state index in [2.05, 4.69) is 59.0 Å². The molecule has 2 heteroatoms. The van der Waals surface area contributed by atoms with Crippen LogP contribution in [0.2, 0.25) is 0 Å². The van der Waals surface area contributed by atoms with Crippen LogP contribution in [0, 0.1) is 3.57 Å². The van der Waals surface area contributed by atoms with Crippen molar-refractivity contribution in [3.63, 3.8) is 0 Å². The van der Waals surface area contributed by atoms with Crippen LogP contribution >= 0.6 is 22.6 Å². The summed E-state index contributed by atoms with van der Waals surface area (Å²) < 4.78 is 6.65. The van der Waals surface area contributed by atoms with E-state index in [9.17, 15) is 0 Å². The van der Waals surface area contributed by atoms with E-state index in [0.717, 1.165) is 5.75 Å². The Morgan fingerprint density at radius 3 is 2.35 bits per heavy atom. The molecule has 2 rings (SSSR count). The number of hydrogen-bond acceptors (Lipinski definition) is 1. The minimum atomic E-state index is 0.859. The van der Waals surface area contributed by atoms with Gasteiger partial charge in [-0.3, -0.25) is 0 Å². The van der Waals surface area contributed by atoms with Gasteiger partial charge in [-0.15, -0.1) is 0 Å². The molecule has 0 saturated heterocycles. The van der Waals surface area contributed by atoms with Gasteiger partial charge in [0.15, 0.2) is 0 Å². The Labute approximate surface area is 115 Å². The third-order valence-electron chi connectivity index (χ3n) is 2.38. The lowest BCUT2D eigenvalue weighted by atomic mass is 10.1. The van der Waals surface area contributed by atoms with Crippen LogP contribution in [0.4, 0.5) is 0 Å². The normalized spacial score (nSPS) is 10.7. The molecule has 0 N–H and O–H groups in total. The molecule has 0 aliphatic carbocycles. The first-order valence-electron chi connectivity index (χ1n) is 5.44. The number of ether oxygens (including phenoxy) is 1. The van der Waals surface area contributed by atoms with Crippen molar-refractivity contribution in [1.82, 2.24) is 0 Å². The van der Waals surface area contributed by atoms with Gasteiger partial charge in [-0.2, -0.15) is 0 Å². The molecule has 0 aliphatic heterocycles. The Balaban J connectivity index is 2.26. The van der Waals surface area contributed by atoms with Crippen molar-refractivity contribution in [2.75, 3.05) is 0 Å². The van der Waals surface area contributed by atoms with Crippen LogP contribution in [0.25, 0.3) is 11.1 Å². The predicted octanol–water partition coefficient (Wildman–Crippen LogP) is 4.87. The minimum absolute atomic E-state index is 0.859. The maximum absolute atomic E-state index is 5.39. The summed E-state index contributed by atoms with van der Waals surface area (Å²) in [7, 11) is 0. The van der Waals surface area contributed by atoms with Crippen molar-refractivity contribution in [3.05, 3.63) is 64.4 Å². The maximum atomic E-state index is 5.39. The van der Waals surface area contributed by atoms with Crippen LogP contribution in [-0.2, 0) is 0 Å². The van der Waals surface area contributed by atoms with E-state index in [0.29, 0.717) is 0 Å². The van der Waals surface area contributed by atoms with E-state index in [1.54, 1.807) is 6.26 Å². The highest BCUT2D eigenvalue weighted by Crippen LogP contribution is 2.26. The van der Waals surface area contributed by atoms with Gasteiger partial charge in [0, 0.05) is 3.57 Å². The van der Waals surface area contributed by atoms with Crippen LogP contribution in [0.15, 0.2) is 60.9 Å². The molecule has 0 saturated carbocycles. The summed E-state index contributed by atoms with van der Waals surface area (Å²) in [5.74, 6) is 0.859. The third kappa shape index (κ3) is 3.09. The highest BCUT2D eigenvalue weighted by atomic mass is 127. The quantitative estimate of drug-likeness (QED) is 0.574. The summed E-state index contributed by atoms with van der Waals surface area (Å²) in [6.45, 7) is 1.93. The van der Waals surface area contributed by atoms with Gasteiger partial charge in [-0.1, -0.05) is 36.4 Å². The zero-order valence-electron chi connectivity index (χ0n) is 9.56. The molecule has 86 valence electrons. The molecule has 0 atom stereocenters. The summed E-state index contributed by atoms with van der Waals surface area (Å²) in [5.41, 5.74) is 2.47. The standard InChI is InChI=1S/C15H13IO/c1-2-11-17-13-9-7-12(8-10-13)14-5-3-4-6-15(14)16/h2-11H,1H3. The number of halogens is 1. The zero-order chi connectivity index (χ0) is 12.1. The molecule has 0 unspecified atom stereocenters. The summed E-state index contributed by atoms with van der Waals surface area (Å²) in [5, 5.41) is 0. The first kappa shape index (κ1) is 12.2. The second kappa shape index (κ2) is 5.87. The molecule has 0 spiro atoms. The van der Waals surface area contributed by atoms with Crippen LogP contribution in [0.5, 0.6) is 5.75 Å². The first-order chi connectivity index (χ1) is 8.31. The number of allylic oxidation sites excluding steroid dienone is 1. The lowest BCUT2D eigenvalue weighted by Gasteiger charge is -2.05. The Hall–Kier alpha value is -1.29. The van der Waals surface area contributed by atoms with E-state index < -0.39 is 0 Å². The molecule has 0 bridgehead atoms. The van der Waals surface area contributed by atoms with Crippen LogP contribution in [-0.4, -0.2) is 0 Å². The van der Waals surface area contributed by atoms with Crippen molar-refractivity contribution < 1.29 is 4.74 Å². The molecular weight excluding hydrogens is 323 g/mol. The zero-order valence-corrected chi connectivity index (χ0v) is 11.7. The smallest absolute Gasteiger partial charge is 0.126 e. The number of benzene rings is 2. The average molecular weight is 336 g/mol. The van der Waals surface area contributed by atoms with E-state index in [1.165, 1.54) is 14.7 Å². The fourth-order valence-corrected chi connectivity index (χ4v) is 2.25. The molecule has 0 aromatic heterocycles. The Morgan fingerprint density at radius 1 is 1.00 bits per heavy atom. The summed E-state index contributed by atoms with van der Waals surface area (Å²) in [6.07, 6.45) is 3.55. The van der Waals surface area contributed by atoms with Crippen LogP contribution in [0.3, 0.4) is 0 Å². The fourth-order valence-electron chi connectivity index (χ4n) is 1.55. The molecule has 0 radical (unpaired) electrons. The molecule has 1 nitrogen and oxygen atoms in total. The van der Waals surface area contributed by atoms with Crippen molar-refractivity contribution in [2.24, 2.45) is 0 Å². The highest BCUT2D eigenvalue weighted by Gasteiger charge is 2.01. The van der Waals surface area contributed by atoms with Crippen molar-refractivity contribution in [3.8, 4) is 16.9 Å². The Morgan fingerprint density at radius 2 is 1.71 bits per heavy atom. The van der Waals surface area contributed by atoms with Crippen molar-refractivity contribution >= 4 is 22.6 Å². The summed E-state index contributed by atoms with van der Waals surface area (Å²) >= 11 is 2.35.